The molecule has 0 aliphatic rings. The van der Waals surface area contributed by atoms with Crippen molar-refractivity contribution in [2.45, 2.75) is 0 Å². The van der Waals surface area contributed by atoms with Gasteiger partial charge in [0.2, 0.25) is 0 Å². The molecule has 6 heteroatoms. The molecule has 0 aliphatic heterocycles. The smallest absolute Gasteiger partial charge is 0.251 e. The highest BCUT2D eigenvalue weighted by Crippen LogP contribution is 2.19. The molecule has 2 aromatic rings. The van der Waals surface area contributed by atoms with Crippen molar-refractivity contribution in [3.63, 3.8) is 0 Å². The lowest BCUT2D eigenvalue weighted by Gasteiger charge is -2.11. The van der Waals surface area contributed by atoms with Crippen LogP contribution in [0, 0.1) is 0 Å². The fourth-order valence-electron chi connectivity index (χ4n) is 1.64. The molecule has 0 aliphatic carbocycles. The van der Waals surface area contributed by atoms with Crippen molar-refractivity contribution in [2.24, 2.45) is 0 Å². The summed E-state index contributed by atoms with van der Waals surface area (Å²) >= 11 is 1.52. The first kappa shape index (κ1) is 14.5. The maximum Gasteiger partial charge on any atom is 0.251 e. The number of hydrogen-bond acceptors (Lipinski definition) is 5. The predicted octanol–water partition coefficient (Wildman–Crippen LogP) is 2.18. The van der Waals surface area contributed by atoms with Crippen molar-refractivity contribution in [3.8, 4) is 0 Å². The summed E-state index contributed by atoms with van der Waals surface area (Å²) in [6.45, 7) is 1.46. The van der Waals surface area contributed by atoms with Crippen molar-refractivity contribution in [3.05, 3.63) is 41.4 Å². The van der Waals surface area contributed by atoms with Crippen LogP contribution in [-0.2, 0) is 0 Å². The van der Waals surface area contributed by atoms with Crippen LogP contribution in [0.1, 0.15) is 10.4 Å². The molecule has 20 heavy (non-hydrogen) atoms. The van der Waals surface area contributed by atoms with Gasteiger partial charge in [-0.15, -0.1) is 11.3 Å². The maximum atomic E-state index is 12.0. The molecule has 1 heterocycles. The van der Waals surface area contributed by atoms with Crippen molar-refractivity contribution in [1.29, 1.82) is 0 Å². The average Bonchev–Trinajstić information content (AvgIpc) is 2.91. The highest BCUT2D eigenvalue weighted by molar-refractivity contribution is 7.13. The Morgan fingerprint density at radius 1 is 1.40 bits per heavy atom. The molecule has 106 valence electrons. The average molecular weight is 290 g/mol. The van der Waals surface area contributed by atoms with Gasteiger partial charge >= 0.3 is 0 Å². The molecule has 1 aromatic carbocycles. The number of nitrogens with one attached hydrogen (secondary N) is 2. The fraction of sp³-hybridized carbons (Fsp3) is 0.286. The van der Waals surface area contributed by atoms with Crippen LogP contribution < -0.4 is 10.6 Å². The van der Waals surface area contributed by atoms with E-state index in [1.165, 1.54) is 11.3 Å². The molecule has 0 fully saturated rings. The molecule has 1 amide bonds. The quantitative estimate of drug-likeness (QED) is 0.856. The number of thiazole rings is 1. The van der Waals surface area contributed by atoms with Gasteiger partial charge in [0, 0.05) is 35.9 Å². The zero-order valence-corrected chi connectivity index (χ0v) is 12.4. The van der Waals surface area contributed by atoms with Crippen molar-refractivity contribution >= 4 is 28.1 Å². The molecule has 0 atom stereocenters. The van der Waals surface area contributed by atoms with Crippen LogP contribution in [0.5, 0.6) is 0 Å². The maximum absolute atomic E-state index is 12.0. The zero-order chi connectivity index (χ0) is 14.4. The first-order valence-electron chi connectivity index (χ1n) is 6.34. The molecule has 0 radical (unpaired) electrons. The number of nitrogens with zero attached hydrogens (tertiary/aromatic N) is 2. The minimum absolute atomic E-state index is 0.0605. The third-order valence-corrected chi connectivity index (χ3v) is 3.34. The van der Waals surface area contributed by atoms with Gasteiger partial charge in [-0.25, -0.2) is 4.98 Å². The number of carbonyl (C=O) groups excluding carboxylic acids is 1. The van der Waals surface area contributed by atoms with Gasteiger partial charge in [0.15, 0.2) is 5.13 Å². The standard InChI is InChI=1S/C14H18N4OS/c1-18(2)8-6-15-13(19)11-4-3-5-12(10-11)17-14-16-7-9-20-14/h3-5,7,9-10H,6,8H2,1-2H3,(H,15,19)(H,16,17). The van der Waals surface area contributed by atoms with Gasteiger partial charge in [0.05, 0.1) is 0 Å². The van der Waals surface area contributed by atoms with Crippen LogP contribution in [-0.4, -0.2) is 43.0 Å². The zero-order valence-electron chi connectivity index (χ0n) is 11.6. The molecule has 5 nitrogen and oxygen atoms in total. The lowest BCUT2D eigenvalue weighted by Crippen LogP contribution is -2.31. The summed E-state index contributed by atoms with van der Waals surface area (Å²) in [7, 11) is 3.95. The lowest BCUT2D eigenvalue weighted by atomic mass is 10.2. The highest BCUT2D eigenvalue weighted by atomic mass is 32.1. The predicted molar refractivity (Wildman–Crippen MR) is 82.7 cm³/mol. The van der Waals surface area contributed by atoms with Gasteiger partial charge in [-0.1, -0.05) is 6.07 Å². The Hall–Kier alpha value is -1.92. The number of rotatable bonds is 6. The Morgan fingerprint density at radius 3 is 2.95 bits per heavy atom. The van der Waals surface area contributed by atoms with E-state index in [1.807, 2.05) is 42.6 Å². The van der Waals surface area contributed by atoms with Gasteiger partial charge in [0.25, 0.3) is 5.91 Å². The summed E-state index contributed by atoms with van der Waals surface area (Å²) in [5, 5.41) is 8.79. The van der Waals surface area contributed by atoms with Gasteiger partial charge in [-0.05, 0) is 32.3 Å². The van der Waals surface area contributed by atoms with Gasteiger partial charge in [-0.3, -0.25) is 4.79 Å². The van der Waals surface area contributed by atoms with Gasteiger partial charge in [0.1, 0.15) is 0 Å². The molecular weight excluding hydrogens is 272 g/mol. The van der Waals surface area contributed by atoms with E-state index < -0.39 is 0 Å². The summed E-state index contributed by atoms with van der Waals surface area (Å²) in [5.74, 6) is -0.0605. The van der Waals surface area contributed by atoms with E-state index in [1.54, 1.807) is 12.3 Å². The number of aromatic nitrogens is 1. The molecular formula is C14H18N4OS. The molecule has 2 N–H and O–H groups in total. The molecule has 2 rings (SSSR count). The first-order chi connectivity index (χ1) is 9.65. The second-order valence-electron chi connectivity index (χ2n) is 4.60. The summed E-state index contributed by atoms with van der Waals surface area (Å²) in [5.41, 5.74) is 1.51. The highest BCUT2D eigenvalue weighted by Gasteiger charge is 2.06. The minimum Gasteiger partial charge on any atom is -0.351 e. The van der Waals surface area contributed by atoms with Crippen LogP contribution in [0.4, 0.5) is 10.8 Å². The number of likely N-dealkylation sites (N-methyl/N-ethyl adjacent to an activating group) is 1. The van der Waals surface area contributed by atoms with E-state index in [2.05, 4.69) is 15.6 Å². The molecule has 0 saturated heterocycles. The lowest BCUT2D eigenvalue weighted by molar-refractivity contribution is 0.0951. The number of hydrogen-bond donors (Lipinski definition) is 2. The second-order valence-corrected chi connectivity index (χ2v) is 5.50. The van der Waals surface area contributed by atoms with Crippen molar-refractivity contribution in [1.82, 2.24) is 15.2 Å². The molecule has 1 aromatic heterocycles. The van der Waals surface area contributed by atoms with Crippen LogP contribution in [0.25, 0.3) is 0 Å². The Morgan fingerprint density at radius 2 is 2.25 bits per heavy atom. The Kier molecular flexibility index (Phi) is 5.09. The van der Waals surface area contributed by atoms with E-state index >= 15 is 0 Å². The van der Waals surface area contributed by atoms with E-state index in [0.717, 1.165) is 17.4 Å². The first-order valence-corrected chi connectivity index (χ1v) is 7.22. The van der Waals surface area contributed by atoms with Crippen LogP contribution in [0.3, 0.4) is 0 Å². The van der Waals surface area contributed by atoms with Crippen LogP contribution in [0.15, 0.2) is 35.8 Å². The summed E-state index contributed by atoms with van der Waals surface area (Å²) in [6.07, 6.45) is 1.74. The minimum atomic E-state index is -0.0605. The van der Waals surface area contributed by atoms with Crippen molar-refractivity contribution < 1.29 is 4.79 Å². The number of benzene rings is 1. The Labute approximate surface area is 122 Å². The summed E-state index contributed by atoms with van der Waals surface area (Å²) in [6, 6.07) is 7.40. The normalized spacial score (nSPS) is 10.6. The number of anilines is 2. The van der Waals surface area contributed by atoms with Gasteiger partial charge < -0.3 is 15.5 Å². The van der Waals surface area contributed by atoms with E-state index in [4.69, 9.17) is 0 Å². The Balaban J connectivity index is 1.96. The summed E-state index contributed by atoms with van der Waals surface area (Å²) < 4.78 is 0. The number of carbonyl (C=O) groups is 1. The van der Waals surface area contributed by atoms with Gasteiger partial charge in [-0.2, -0.15) is 0 Å². The molecule has 0 spiro atoms. The third kappa shape index (κ3) is 4.32. The van der Waals surface area contributed by atoms with Crippen molar-refractivity contribution in [2.75, 3.05) is 32.5 Å². The monoisotopic (exact) mass is 290 g/mol. The second kappa shape index (κ2) is 7.02. The topological polar surface area (TPSA) is 57.3 Å². The molecule has 0 saturated carbocycles. The van der Waals surface area contributed by atoms with Crippen LogP contribution >= 0.6 is 11.3 Å². The van der Waals surface area contributed by atoms with E-state index in [0.29, 0.717) is 12.1 Å². The number of amides is 1. The van der Waals surface area contributed by atoms with E-state index in [-0.39, 0.29) is 5.91 Å². The third-order valence-electron chi connectivity index (χ3n) is 2.65. The van der Waals surface area contributed by atoms with Crippen LogP contribution in [0.2, 0.25) is 0 Å². The summed E-state index contributed by atoms with van der Waals surface area (Å²) in [4.78, 5) is 18.2. The molecule has 0 bridgehead atoms. The Bertz CT molecular complexity index is 554. The molecule has 0 unspecified atom stereocenters. The largest absolute Gasteiger partial charge is 0.351 e. The SMILES string of the molecule is CN(C)CCNC(=O)c1cccc(Nc2nccs2)c1. The fourth-order valence-corrected chi connectivity index (χ4v) is 2.19. The van der Waals surface area contributed by atoms with E-state index in [9.17, 15) is 4.79 Å².